The van der Waals surface area contributed by atoms with Gasteiger partial charge in [-0.2, -0.15) is 0 Å². The van der Waals surface area contributed by atoms with Crippen molar-refractivity contribution in [2.45, 2.75) is 39.7 Å². The fraction of sp³-hybridized carbons (Fsp3) is 0.588. The first-order valence-corrected chi connectivity index (χ1v) is 9.98. The van der Waals surface area contributed by atoms with Crippen molar-refractivity contribution in [3.8, 4) is 0 Å². The molecule has 0 aliphatic carbocycles. The molecule has 2 N–H and O–H groups in total. The number of nitrogens with zero attached hydrogens (tertiary/aromatic N) is 1. The van der Waals surface area contributed by atoms with Gasteiger partial charge < -0.3 is 10.6 Å². The Morgan fingerprint density at radius 2 is 1.79 bits per heavy atom. The van der Waals surface area contributed by atoms with E-state index in [1.807, 2.05) is 6.92 Å². The van der Waals surface area contributed by atoms with E-state index in [1.165, 1.54) is 22.9 Å². The number of hydrogen-bond acceptors (Lipinski definition) is 3. The van der Waals surface area contributed by atoms with Crippen LogP contribution in [0.4, 0.5) is 0 Å². The summed E-state index contributed by atoms with van der Waals surface area (Å²) in [4.78, 5) is 4.18. The zero-order chi connectivity index (χ0) is 17.5. The average Bonchev–Trinajstić information content (AvgIpc) is 2.42. The summed E-state index contributed by atoms with van der Waals surface area (Å²) < 4.78 is 22.4. The molecule has 24 heavy (non-hydrogen) atoms. The third-order valence-corrected chi connectivity index (χ3v) is 4.49. The molecule has 1 rings (SSSR count). The van der Waals surface area contributed by atoms with Crippen molar-refractivity contribution in [3.05, 3.63) is 34.9 Å². The number of sulfone groups is 1. The van der Waals surface area contributed by atoms with Crippen LogP contribution in [0.1, 0.15) is 30.0 Å². The van der Waals surface area contributed by atoms with Gasteiger partial charge in [-0.05, 0) is 39.2 Å². The maximum Gasteiger partial charge on any atom is 0.191 e. The average molecular weight is 467 g/mol. The number of aliphatic imine (C=N–C) groups is 1. The number of guanidine groups is 1. The van der Waals surface area contributed by atoms with Crippen LogP contribution < -0.4 is 10.6 Å². The Kier molecular flexibility index (Phi) is 10.5. The van der Waals surface area contributed by atoms with Gasteiger partial charge in [-0.25, -0.2) is 8.42 Å². The quantitative estimate of drug-likeness (QED) is 0.367. The second kappa shape index (κ2) is 10.9. The number of halogens is 1. The monoisotopic (exact) mass is 467 g/mol. The van der Waals surface area contributed by atoms with Crippen molar-refractivity contribution in [2.75, 3.05) is 25.6 Å². The molecular formula is C17H30IN3O2S. The highest BCUT2D eigenvalue weighted by Crippen LogP contribution is 2.08. The molecule has 0 amide bonds. The van der Waals surface area contributed by atoms with E-state index < -0.39 is 9.84 Å². The molecule has 7 heteroatoms. The van der Waals surface area contributed by atoms with E-state index in [2.05, 4.69) is 47.7 Å². The van der Waals surface area contributed by atoms with Crippen LogP contribution in [0, 0.1) is 13.8 Å². The molecule has 1 unspecified atom stereocenters. The van der Waals surface area contributed by atoms with Crippen LogP contribution in [-0.2, 0) is 16.3 Å². The van der Waals surface area contributed by atoms with Crippen molar-refractivity contribution in [2.24, 2.45) is 4.99 Å². The van der Waals surface area contributed by atoms with Gasteiger partial charge in [0.2, 0.25) is 0 Å². The van der Waals surface area contributed by atoms with Gasteiger partial charge in [-0.15, -0.1) is 24.0 Å². The topological polar surface area (TPSA) is 70.6 Å². The fourth-order valence-electron chi connectivity index (χ4n) is 2.43. The number of benzene rings is 1. The van der Waals surface area contributed by atoms with Gasteiger partial charge in [-0.3, -0.25) is 4.99 Å². The van der Waals surface area contributed by atoms with E-state index in [4.69, 9.17) is 0 Å². The zero-order valence-electron chi connectivity index (χ0n) is 15.2. The molecule has 0 aliphatic rings. The minimum absolute atomic E-state index is 0. The minimum atomic E-state index is -2.92. The standard InChI is InChI=1S/C17H29N3O2S.HI/c1-13-10-14(2)12-16(11-13)6-8-19-17(18-4)20-15(3)7-9-23(5,21)22;/h10-12,15H,6-9H2,1-5H3,(H2,18,19,20);1H. The molecule has 0 heterocycles. The van der Waals surface area contributed by atoms with E-state index in [0.29, 0.717) is 12.4 Å². The molecule has 1 atom stereocenters. The molecule has 0 radical (unpaired) electrons. The van der Waals surface area contributed by atoms with Crippen LogP contribution in [0.25, 0.3) is 0 Å². The van der Waals surface area contributed by atoms with E-state index in [-0.39, 0.29) is 35.8 Å². The Morgan fingerprint density at radius 1 is 1.21 bits per heavy atom. The van der Waals surface area contributed by atoms with E-state index in [9.17, 15) is 8.42 Å². The first-order valence-electron chi connectivity index (χ1n) is 7.91. The predicted octanol–water partition coefficient (Wildman–Crippen LogP) is 2.45. The Bertz CT molecular complexity index is 625. The Morgan fingerprint density at radius 3 is 2.29 bits per heavy atom. The van der Waals surface area contributed by atoms with Crippen LogP contribution in [-0.4, -0.2) is 46.0 Å². The molecule has 5 nitrogen and oxygen atoms in total. The molecular weight excluding hydrogens is 437 g/mol. The smallest absolute Gasteiger partial charge is 0.191 e. The highest BCUT2D eigenvalue weighted by molar-refractivity contribution is 14.0. The molecule has 0 aliphatic heterocycles. The summed E-state index contributed by atoms with van der Waals surface area (Å²) in [6, 6.07) is 6.61. The van der Waals surface area contributed by atoms with Gasteiger partial charge in [0.25, 0.3) is 0 Å². The van der Waals surface area contributed by atoms with E-state index in [1.54, 1.807) is 7.05 Å². The zero-order valence-corrected chi connectivity index (χ0v) is 18.4. The summed E-state index contributed by atoms with van der Waals surface area (Å²) >= 11 is 0. The lowest BCUT2D eigenvalue weighted by molar-refractivity contribution is 0.581. The lowest BCUT2D eigenvalue weighted by Crippen LogP contribution is -2.43. The second-order valence-electron chi connectivity index (χ2n) is 6.21. The molecule has 0 bridgehead atoms. The molecule has 1 aromatic rings. The highest BCUT2D eigenvalue weighted by Gasteiger charge is 2.09. The van der Waals surface area contributed by atoms with Crippen LogP contribution in [0.15, 0.2) is 23.2 Å². The van der Waals surface area contributed by atoms with Crippen molar-refractivity contribution in [1.82, 2.24) is 10.6 Å². The number of rotatable bonds is 7. The molecule has 0 aromatic heterocycles. The highest BCUT2D eigenvalue weighted by atomic mass is 127. The van der Waals surface area contributed by atoms with Crippen molar-refractivity contribution < 1.29 is 8.42 Å². The third-order valence-electron chi connectivity index (χ3n) is 3.52. The largest absolute Gasteiger partial charge is 0.356 e. The van der Waals surface area contributed by atoms with Crippen LogP contribution in [0.5, 0.6) is 0 Å². The summed E-state index contributed by atoms with van der Waals surface area (Å²) in [6.07, 6.45) is 2.74. The van der Waals surface area contributed by atoms with E-state index in [0.717, 1.165) is 13.0 Å². The third kappa shape index (κ3) is 10.1. The molecule has 138 valence electrons. The van der Waals surface area contributed by atoms with Crippen molar-refractivity contribution in [3.63, 3.8) is 0 Å². The van der Waals surface area contributed by atoms with Crippen LogP contribution >= 0.6 is 24.0 Å². The van der Waals surface area contributed by atoms with Gasteiger partial charge in [0.15, 0.2) is 5.96 Å². The van der Waals surface area contributed by atoms with Gasteiger partial charge in [-0.1, -0.05) is 29.3 Å². The van der Waals surface area contributed by atoms with Gasteiger partial charge in [0, 0.05) is 25.9 Å². The summed E-state index contributed by atoms with van der Waals surface area (Å²) in [6.45, 7) is 6.95. The van der Waals surface area contributed by atoms with Gasteiger partial charge >= 0.3 is 0 Å². The molecule has 0 saturated heterocycles. The first kappa shape index (κ1) is 23.2. The Hall–Kier alpha value is -0.830. The molecule has 0 saturated carbocycles. The fourth-order valence-corrected chi connectivity index (χ4v) is 3.21. The summed E-state index contributed by atoms with van der Waals surface area (Å²) in [7, 11) is -1.21. The maximum absolute atomic E-state index is 11.2. The molecule has 1 aromatic carbocycles. The lowest BCUT2D eigenvalue weighted by Gasteiger charge is -2.17. The van der Waals surface area contributed by atoms with Crippen LogP contribution in [0.3, 0.4) is 0 Å². The van der Waals surface area contributed by atoms with Gasteiger partial charge in [0.1, 0.15) is 9.84 Å². The van der Waals surface area contributed by atoms with E-state index >= 15 is 0 Å². The summed E-state index contributed by atoms with van der Waals surface area (Å²) in [5.41, 5.74) is 3.85. The van der Waals surface area contributed by atoms with Crippen molar-refractivity contribution in [1.29, 1.82) is 0 Å². The summed E-state index contributed by atoms with van der Waals surface area (Å²) in [5.74, 6) is 0.885. The Labute approximate surface area is 163 Å². The molecule has 0 fully saturated rings. The minimum Gasteiger partial charge on any atom is -0.356 e. The van der Waals surface area contributed by atoms with Crippen molar-refractivity contribution >= 4 is 39.8 Å². The summed E-state index contributed by atoms with van der Waals surface area (Å²) in [5, 5.41) is 6.50. The lowest BCUT2D eigenvalue weighted by atomic mass is 10.1. The number of hydrogen-bond donors (Lipinski definition) is 2. The molecule has 0 spiro atoms. The predicted molar refractivity (Wildman–Crippen MR) is 113 cm³/mol. The second-order valence-corrected chi connectivity index (χ2v) is 8.47. The first-order chi connectivity index (χ1) is 10.7. The number of aryl methyl sites for hydroxylation is 2. The van der Waals surface area contributed by atoms with Crippen LogP contribution in [0.2, 0.25) is 0 Å². The maximum atomic E-state index is 11.2. The number of nitrogens with one attached hydrogen (secondary N) is 2. The normalized spacial score (nSPS) is 13.1. The SMILES string of the molecule is CN=C(NCCc1cc(C)cc(C)c1)NC(C)CCS(C)(=O)=O.I. The van der Waals surface area contributed by atoms with Gasteiger partial charge in [0.05, 0.1) is 5.75 Å². The Balaban J connectivity index is 0.00000529.